The Labute approximate surface area is 120 Å². The van der Waals surface area contributed by atoms with Crippen LogP contribution >= 0.6 is 27.5 Å². The zero-order chi connectivity index (χ0) is 13.0. The molecule has 1 N–H and O–H groups in total. The molecule has 0 saturated carbocycles. The molecule has 0 aliphatic carbocycles. The standard InChI is InChI=1S/C14H12BrClN2/c1-10(11-3-2-4-13(16)9-11)17-18-14-7-5-12(15)6-8-14/h2-9,18H,1H3. The number of hydrogen-bond acceptors (Lipinski definition) is 2. The summed E-state index contributed by atoms with van der Waals surface area (Å²) in [5.41, 5.74) is 5.85. The van der Waals surface area contributed by atoms with Gasteiger partial charge in [-0.05, 0) is 48.9 Å². The van der Waals surface area contributed by atoms with Crippen molar-refractivity contribution in [2.24, 2.45) is 5.10 Å². The van der Waals surface area contributed by atoms with Crippen LogP contribution in [0.25, 0.3) is 0 Å². The van der Waals surface area contributed by atoms with Gasteiger partial charge in [0, 0.05) is 9.50 Å². The van der Waals surface area contributed by atoms with Gasteiger partial charge in [-0.2, -0.15) is 5.10 Å². The van der Waals surface area contributed by atoms with Gasteiger partial charge in [0.15, 0.2) is 0 Å². The number of hydrogen-bond donors (Lipinski definition) is 1. The minimum Gasteiger partial charge on any atom is -0.278 e. The summed E-state index contributed by atoms with van der Waals surface area (Å²) < 4.78 is 1.04. The summed E-state index contributed by atoms with van der Waals surface area (Å²) in [6, 6.07) is 15.5. The lowest BCUT2D eigenvalue weighted by molar-refractivity contribution is 1.32. The average molecular weight is 324 g/mol. The maximum Gasteiger partial charge on any atom is 0.0649 e. The Hall–Kier alpha value is -1.32. The van der Waals surface area contributed by atoms with E-state index in [1.54, 1.807) is 0 Å². The molecule has 2 nitrogen and oxygen atoms in total. The van der Waals surface area contributed by atoms with E-state index in [1.165, 1.54) is 0 Å². The molecule has 0 aromatic heterocycles. The van der Waals surface area contributed by atoms with Crippen LogP contribution in [-0.2, 0) is 0 Å². The van der Waals surface area contributed by atoms with E-state index in [0.717, 1.165) is 21.4 Å². The molecule has 0 aliphatic heterocycles. The Kier molecular flexibility index (Phi) is 4.39. The average Bonchev–Trinajstić information content (AvgIpc) is 2.38. The second kappa shape index (κ2) is 6.03. The van der Waals surface area contributed by atoms with Crippen LogP contribution in [0.3, 0.4) is 0 Å². The van der Waals surface area contributed by atoms with E-state index in [2.05, 4.69) is 26.5 Å². The van der Waals surface area contributed by atoms with Gasteiger partial charge in [0.1, 0.15) is 0 Å². The lowest BCUT2D eigenvalue weighted by atomic mass is 10.1. The zero-order valence-electron chi connectivity index (χ0n) is 9.82. The minimum absolute atomic E-state index is 0.714. The van der Waals surface area contributed by atoms with Gasteiger partial charge in [-0.15, -0.1) is 0 Å². The number of nitrogens with zero attached hydrogens (tertiary/aromatic N) is 1. The Bertz CT molecular complexity index is 564. The van der Waals surface area contributed by atoms with Gasteiger partial charge >= 0.3 is 0 Å². The summed E-state index contributed by atoms with van der Waals surface area (Å²) in [6.45, 7) is 1.94. The van der Waals surface area contributed by atoms with Crippen molar-refractivity contribution >= 4 is 38.9 Å². The summed E-state index contributed by atoms with van der Waals surface area (Å²) in [6.07, 6.45) is 0. The van der Waals surface area contributed by atoms with Crippen molar-refractivity contribution in [3.05, 3.63) is 63.6 Å². The Morgan fingerprint density at radius 2 is 1.89 bits per heavy atom. The topological polar surface area (TPSA) is 24.4 Å². The van der Waals surface area contributed by atoms with Crippen LogP contribution in [0.2, 0.25) is 5.02 Å². The van der Waals surface area contributed by atoms with E-state index >= 15 is 0 Å². The Balaban J connectivity index is 2.11. The van der Waals surface area contributed by atoms with Crippen molar-refractivity contribution in [1.82, 2.24) is 0 Å². The van der Waals surface area contributed by atoms with Gasteiger partial charge in [-0.25, -0.2) is 0 Å². The number of anilines is 1. The smallest absolute Gasteiger partial charge is 0.0649 e. The van der Waals surface area contributed by atoms with Crippen molar-refractivity contribution < 1.29 is 0 Å². The first-order valence-electron chi connectivity index (χ1n) is 5.47. The lowest BCUT2D eigenvalue weighted by Gasteiger charge is -2.04. The second-order valence-electron chi connectivity index (χ2n) is 3.83. The van der Waals surface area contributed by atoms with E-state index in [-0.39, 0.29) is 0 Å². The molecule has 4 heteroatoms. The van der Waals surface area contributed by atoms with Crippen LogP contribution in [0, 0.1) is 0 Å². The number of rotatable bonds is 3. The number of nitrogens with one attached hydrogen (secondary N) is 1. The molecule has 2 aromatic carbocycles. The molecule has 0 bridgehead atoms. The van der Waals surface area contributed by atoms with Crippen molar-refractivity contribution in [1.29, 1.82) is 0 Å². The maximum atomic E-state index is 5.94. The van der Waals surface area contributed by atoms with E-state index in [1.807, 2.05) is 55.5 Å². The van der Waals surface area contributed by atoms with Crippen LogP contribution in [0.5, 0.6) is 0 Å². The third-order valence-corrected chi connectivity index (χ3v) is 3.20. The quantitative estimate of drug-likeness (QED) is 0.628. The van der Waals surface area contributed by atoms with E-state index in [9.17, 15) is 0 Å². The predicted molar refractivity (Wildman–Crippen MR) is 81.4 cm³/mol. The molecule has 0 fully saturated rings. The Morgan fingerprint density at radius 1 is 1.17 bits per heavy atom. The van der Waals surface area contributed by atoms with E-state index < -0.39 is 0 Å². The van der Waals surface area contributed by atoms with Crippen molar-refractivity contribution in [2.45, 2.75) is 6.92 Å². The molecular formula is C14H12BrClN2. The van der Waals surface area contributed by atoms with Crippen LogP contribution < -0.4 is 5.43 Å². The molecule has 0 radical (unpaired) electrons. The third kappa shape index (κ3) is 3.59. The monoisotopic (exact) mass is 322 g/mol. The lowest BCUT2D eigenvalue weighted by Crippen LogP contribution is -1.99. The van der Waals surface area contributed by atoms with Gasteiger partial charge in [-0.3, -0.25) is 5.43 Å². The van der Waals surface area contributed by atoms with Gasteiger partial charge in [0.25, 0.3) is 0 Å². The maximum absolute atomic E-state index is 5.94. The van der Waals surface area contributed by atoms with Crippen LogP contribution in [0.1, 0.15) is 12.5 Å². The Morgan fingerprint density at radius 3 is 2.56 bits per heavy atom. The predicted octanol–water partition coefficient (Wildman–Crippen LogP) is 4.94. The van der Waals surface area contributed by atoms with Crippen LogP contribution in [0.15, 0.2) is 58.1 Å². The first-order chi connectivity index (χ1) is 8.65. The van der Waals surface area contributed by atoms with Crippen molar-refractivity contribution in [3.63, 3.8) is 0 Å². The van der Waals surface area contributed by atoms with Gasteiger partial charge in [0.2, 0.25) is 0 Å². The SMILES string of the molecule is CC(=NNc1ccc(Br)cc1)c1cccc(Cl)c1. The minimum atomic E-state index is 0.714. The van der Waals surface area contributed by atoms with Gasteiger partial charge in [-0.1, -0.05) is 39.7 Å². The van der Waals surface area contributed by atoms with Gasteiger partial charge in [0.05, 0.1) is 11.4 Å². The summed E-state index contributed by atoms with van der Waals surface area (Å²) in [7, 11) is 0. The fourth-order valence-corrected chi connectivity index (χ4v) is 1.91. The highest BCUT2D eigenvalue weighted by Crippen LogP contribution is 2.15. The first kappa shape index (κ1) is 13.1. The van der Waals surface area contributed by atoms with Crippen LogP contribution in [0.4, 0.5) is 5.69 Å². The van der Waals surface area contributed by atoms with Gasteiger partial charge < -0.3 is 0 Å². The number of hydrazone groups is 1. The first-order valence-corrected chi connectivity index (χ1v) is 6.64. The molecule has 0 unspecified atom stereocenters. The molecule has 0 amide bonds. The largest absolute Gasteiger partial charge is 0.278 e. The third-order valence-electron chi connectivity index (χ3n) is 2.44. The normalized spacial score (nSPS) is 11.4. The highest BCUT2D eigenvalue weighted by Gasteiger charge is 1.98. The molecule has 0 atom stereocenters. The number of benzene rings is 2. The van der Waals surface area contributed by atoms with Crippen molar-refractivity contribution in [3.8, 4) is 0 Å². The second-order valence-corrected chi connectivity index (χ2v) is 5.18. The van der Waals surface area contributed by atoms with Crippen molar-refractivity contribution in [2.75, 3.05) is 5.43 Å². The summed E-state index contributed by atoms with van der Waals surface area (Å²) >= 11 is 9.33. The van der Waals surface area contributed by atoms with Crippen LogP contribution in [-0.4, -0.2) is 5.71 Å². The molecule has 0 heterocycles. The fraction of sp³-hybridized carbons (Fsp3) is 0.0714. The molecule has 0 saturated heterocycles. The molecule has 0 spiro atoms. The summed E-state index contributed by atoms with van der Waals surface area (Å²) in [5.74, 6) is 0. The molecule has 2 aromatic rings. The van der Waals surface area contributed by atoms with E-state index in [0.29, 0.717) is 5.02 Å². The highest BCUT2D eigenvalue weighted by atomic mass is 79.9. The highest BCUT2D eigenvalue weighted by molar-refractivity contribution is 9.10. The molecular weight excluding hydrogens is 312 g/mol. The fourth-order valence-electron chi connectivity index (χ4n) is 1.45. The summed E-state index contributed by atoms with van der Waals surface area (Å²) in [5, 5.41) is 5.04. The number of halogens is 2. The summed E-state index contributed by atoms with van der Waals surface area (Å²) in [4.78, 5) is 0. The molecule has 0 aliphatic rings. The molecule has 2 rings (SSSR count). The van der Waals surface area contributed by atoms with E-state index in [4.69, 9.17) is 11.6 Å². The zero-order valence-corrected chi connectivity index (χ0v) is 12.2. The molecule has 92 valence electrons. The molecule has 18 heavy (non-hydrogen) atoms.